The van der Waals surface area contributed by atoms with Crippen LogP contribution < -0.4 is 5.32 Å². The molecule has 1 N–H and O–H groups in total. The number of nitrogens with zero attached hydrogens (tertiary/aromatic N) is 2. The number of piperidine rings is 1. The first-order chi connectivity index (χ1) is 12.6. The van der Waals surface area contributed by atoms with Crippen LogP contribution in [0.4, 0.5) is 0 Å². The fourth-order valence-electron chi connectivity index (χ4n) is 5.25. The molecule has 148 valence electrons. The van der Waals surface area contributed by atoms with E-state index in [2.05, 4.69) is 15.1 Å². The van der Waals surface area contributed by atoms with Gasteiger partial charge in [0.15, 0.2) is 0 Å². The van der Waals surface area contributed by atoms with Crippen molar-refractivity contribution >= 4 is 11.8 Å². The SMILES string of the molecule is CCNC(=O)CCN1CC[C@]2(CCCN(CCC3CCCCC3)C2=O)C1. The van der Waals surface area contributed by atoms with E-state index in [0.29, 0.717) is 18.9 Å². The molecule has 0 unspecified atom stereocenters. The Morgan fingerprint density at radius 2 is 1.92 bits per heavy atom. The molecule has 5 heteroatoms. The number of amides is 2. The van der Waals surface area contributed by atoms with Crippen molar-refractivity contribution in [1.82, 2.24) is 15.1 Å². The molecule has 3 aliphatic rings. The molecule has 0 aromatic carbocycles. The van der Waals surface area contributed by atoms with Crippen LogP contribution >= 0.6 is 0 Å². The number of hydrogen-bond acceptors (Lipinski definition) is 3. The van der Waals surface area contributed by atoms with E-state index in [0.717, 1.165) is 57.9 Å². The van der Waals surface area contributed by atoms with E-state index >= 15 is 0 Å². The number of carbonyl (C=O) groups is 2. The largest absolute Gasteiger partial charge is 0.356 e. The monoisotopic (exact) mass is 363 g/mol. The van der Waals surface area contributed by atoms with Crippen molar-refractivity contribution in [3.63, 3.8) is 0 Å². The molecule has 5 nitrogen and oxygen atoms in total. The molecule has 2 amide bonds. The fraction of sp³-hybridized carbons (Fsp3) is 0.905. The molecular formula is C21H37N3O2. The second-order valence-electron chi connectivity index (χ2n) is 8.70. The maximum atomic E-state index is 13.2. The highest BCUT2D eigenvalue weighted by atomic mass is 16.2. The molecule has 2 heterocycles. The van der Waals surface area contributed by atoms with Gasteiger partial charge < -0.3 is 15.1 Å². The average Bonchev–Trinajstić information content (AvgIpc) is 3.07. The van der Waals surface area contributed by atoms with Crippen LogP contribution in [0.5, 0.6) is 0 Å². The average molecular weight is 364 g/mol. The van der Waals surface area contributed by atoms with E-state index in [4.69, 9.17) is 0 Å². The molecular weight excluding hydrogens is 326 g/mol. The second-order valence-corrected chi connectivity index (χ2v) is 8.70. The third-order valence-electron chi connectivity index (χ3n) is 6.82. The summed E-state index contributed by atoms with van der Waals surface area (Å²) in [5.41, 5.74) is -0.161. The summed E-state index contributed by atoms with van der Waals surface area (Å²) < 4.78 is 0. The summed E-state index contributed by atoms with van der Waals surface area (Å²) in [5.74, 6) is 1.36. The van der Waals surface area contributed by atoms with Crippen LogP contribution in [-0.2, 0) is 9.59 Å². The molecule has 2 aliphatic heterocycles. The molecule has 26 heavy (non-hydrogen) atoms. The highest BCUT2D eigenvalue weighted by Gasteiger charge is 2.48. The molecule has 0 radical (unpaired) electrons. The van der Waals surface area contributed by atoms with Crippen molar-refractivity contribution in [2.24, 2.45) is 11.3 Å². The first-order valence-corrected chi connectivity index (χ1v) is 10.9. The minimum Gasteiger partial charge on any atom is -0.356 e. The molecule has 3 rings (SSSR count). The zero-order valence-corrected chi connectivity index (χ0v) is 16.6. The van der Waals surface area contributed by atoms with Crippen LogP contribution in [0.3, 0.4) is 0 Å². The smallest absolute Gasteiger partial charge is 0.230 e. The van der Waals surface area contributed by atoms with Crippen molar-refractivity contribution in [2.45, 2.75) is 71.1 Å². The predicted octanol–water partition coefficient (Wildman–Crippen LogP) is 2.80. The van der Waals surface area contributed by atoms with Crippen molar-refractivity contribution in [1.29, 1.82) is 0 Å². The summed E-state index contributed by atoms with van der Waals surface area (Å²) >= 11 is 0. The molecule has 0 bridgehead atoms. The van der Waals surface area contributed by atoms with E-state index in [9.17, 15) is 9.59 Å². The normalized spacial score (nSPS) is 28.0. The van der Waals surface area contributed by atoms with Gasteiger partial charge in [0.1, 0.15) is 0 Å². The fourth-order valence-corrected chi connectivity index (χ4v) is 5.25. The van der Waals surface area contributed by atoms with E-state index in [1.54, 1.807) is 0 Å². The maximum absolute atomic E-state index is 13.2. The van der Waals surface area contributed by atoms with Gasteiger partial charge in [0, 0.05) is 39.1 Å². The number of hydrogen-bond donors (Lipinski definition) is 1. The lowest BCUT2D eigenvalue weighted by molar-refractivity contribution is -0.145. The Kier molecular flexibility index (Phi) is 6.96. The number of likely N-dealkylation sites (tertiary alicyclic amines) is 2. The molecule has 1 atom stereocenters. The van der Waals surface area contributed by atoms with Crippen molar-refractivity contribution in [2.75, 3.05) is 39.3 Å². The van der Waals surface area contributed by atoms with Gasteiger partial charge in [-0.25, -0.2) is 0 Å². The summed E-state index contributed by atoms with van der Waals surface area (Å²) in [6.07, 6.45) is 11.8. The van der Waals surface area contributed by atoms with Crippen molar-refractivity contribution < 1.29 is 9.59 Å². The summed E-state index contributed by atoms with van der Waals surface area (Å²) in [4.78, 5) is 29.4. The molecule has 1 aliphatic carbocycles. The minimum atomic E-state index is -0.161. The predicted molar refractivity (Wildman–Crippen MR) is 104 cm³/mol. The number of nitrogens with one attached hydrogen (secondary N) is 1. The van der Waals surface area contributed by atoms with Gasteiger partial charge in [-0.05, 0) is 45.1 Å². The summed E-state index contributed by atoms with van der Waals surface area (Å²) in [6.45, 7) is 7.15. The molecule has 1 spiro atoms. The van der Waals surface area contributed by atoms with Gasteiger partial charge >= 0.3 is 0 Å². The van der Waals surface area contributed by atoms with Crippen LogP contribution in [0.25, 0.3) is 0 Å². The summed E-state index contributed by atoms with van der Waals surface area (Å²) in [6, 6.07) is 0. The van der Waals surface area contributed by atoms with Gasteiger partial charge in [-0.3, -0.25) is 9.59 Å². The number of carbonyl (C=O) groups excluding carboxylic acids is 2. The summed E-state index contributed by atoms with van der Waals surface area (Å²) in [7, 11) is 0. The van der Waals surface area contributed by atoms with Crippen LogP contribution in [0.1, 0.15) is 71.1 Å². The van der Waals surface area contributed by atoms with Crippen LogP contribution in [0, 0.1) is 11.3 Å². The zero-order valence-electron chi connectivity index (χ0n) is 16.6. The van der Waals surface area contributed by atoms with Gasteiger partial charge in [0.2, 0.25) is 11.8 Å². The Morgan fingerprint density at radius 1 is 1.12 bits per heavy atom. The third-order valence-corrected chi connectivity index (χ3v) is 6.82. The maximum Gasteiger partial charge on any atom is 0.230 e. The third kappa shape index (κ3) is 4.79. The molecule has 3 fully saturated rings. The number of rotatable bonds is 7. The molecule has 2 saturated heterocycles. The lowest BCUT2D eigenvalue weighted by atomic mass is 9.78. The van der Waals surface area contributed by atoms with E-state index in [1.165, 1.54) is 38.5 Å². The van der Waals surface area contributed by atoms with Crippen molar-refractivity contribution in [3.8, 4) is 0 Å². The minimum absolute atomic E-state index is 0.123. The highest BCUT2D eigenvalue weighted by molar-refractivity contribution is 5.84. The lowest BCUT2D eigenvalue weighted by Crippen LogP contribution is -2.50. The Balaban J connectivity index is 1.48. The van der Waals surface area contributed by atoms with E-state index in [1.807, 2.05) is 6.92 Å². The van der Waals surface area contributed by atoms with Gasteiger partial charge in [-0.1, -0.05) is 32.1 Å². The first kappa shape index (κ1) is 19.7. The lowest BCUT2D eigenvalue weighted by Gasteiger charge is -2.40. The Bertz CT molecular complexity index is 490. The Hall–Kier alpha value is -1.10. The first-order valence-electron chi connectivity index (χ1n) is 10.9. The Labute approximate surface area is 158 Å². The van der Waals surface area contributed by atoms with Crippen molar-refractivity contribution in [3.05, 3.63) is 0 Å². The quantitative estimate of drug-likeness (QED) is 0.757. The van der Waals surface area contributed by atoms with Gasteiger partial charge in [0.25, 0.3) is 0 Å². The van der Waals surface area contributed by atoms with Crippen LogP contribution in [-0.4, -0.2) is 60.9 Å². The molecule has 0 aromatic heterocycles. The topological polar surface area (TPSA) is 52.7 Å². The van der Waals surface area contributed by atoms with E-state index in [-0.39, 0.29) is 11.3 Å². The van der Waals surface area contributed by atoms with Gasteiger partial charge in [-0.2, -0.15) is 0 Å². The second kappa shape index (κ2) is 9.20. The van der Waals surface area contributed by atoms with Gasteiger partial charge in [-0.15, -0.1) is 0 Å². The summed E-state index contributed by atoms with van der Waals surface area (Å²) in [5, 5.41) is 2.86. The highest BCUT2D eigenvalue weighted by Crippen LogP contribution is 2.40. The molecule has 1 saturated carbocycles. The van der Waals surface area contributed by atoms with E-state index < -0.39 is 0 Å². The standard InChI is InChI=1S/C21H37N3O2/c1-2-22-19(25)10-14-23-16-12-21(17-23)11-6-13-24(20(21)26)15-9-18-7-4-3-5-8-18/h18H,2-17H2,1H3,(H,22,25)/t21-/m1/s1. The zero-order chi connectivity index (χ0) is 18.4. The molecule has 0 aromatic rings. The Morgan fingerprint density at radius 3 is 2.69 bits per heavy atom. The van der Waals surface area contributed by atoms with Crippen LogP contribution in [0.2, 0.25) is 0 Å². The van der Waals surface area contributed by atoms with Crippen LogP contribution in [0.15, 0.2) is 0 Å². The van der Waals surface area contributed by atoms with Gasteiger partial charge in [0.05, 0.1) is 5.41 Å².